The van der Waals surface area contributed by atoms with Crippen LogP contribution in [0.1, 0.15) is 10.4 Å². The van der Waals surface area contributed by atoms with Gasteiger partial charge in [0, 0.05) is 6.07 Å². The van der Waals surface area contributed by atoms with E-state index in [4.69, 9.17) is 9.84 Å². The molecule has 0 aliphatic carbocycles. The molecule has 0 aliphatic heterocycles. The minimum Gasteiger partial charge on any atom is -0.504 e. The van der Waals surface area contributed by atoms with Crippen molar-refractivity contribution in [2.75, 3.05) is 11.6 Å². The predicted octanol–water partition coefficient (Wildman–Crippen LogP) is 2.75. The van der Waals surface area contributed by atoms with E-state index in [-0.39, 0.29) is 5.75 Å². The third-order valence-corrected chi connectivity index (χ3v) is 4.81. The van der Waals surface area contributed by atoms with Crippen molar-refractivity contribution in [3.8, 4) is 11.5 Å². The van der Waals surface area contributed by atoms with Crippen molar-refractivity contribution in [1.82, 2.24) is 0 Å². The molecule has 0 amide bonds. The molecule has 0 heterocycles. The molecular formula is C15H12F3NO7S. The van der Waals surface area contributed by atoms with E-state index in [0.29, 0.717) is 6.07 Å². The summed E-state index contributed by atoms with van der Waals surface area (Å²) in [5.41, 5.74) is -1.49. The SMILES string of the molecule is COc1ccc(N(OC(F)(F)F)S(=O)(=O)c2ccccc2C(=O)O)cc1O. The van der Waals surface area contributed by atoms with Crippen LogP contribution in [0, 0.1) is 0 Å². The van der Waals surface area contributed by atoms with Gasteiger partial charge < -0.3 is 14.9 Å². The Morgan fingerprint density at radius 2 is 1.78 bits per heavy atom. The first kappa shape index (κ1) is 20.3. The first-order chi connectivity index (χ1) is 12.5. The molecule has 0 radical (unpaired) electrons. The van der Waals surface area contributed by atoms with Crippen LogP contribution >= 0.6 is 0 Å². The molecule has 0 aromatic heterocycles. The Bertz CT molecular complexity index is 960. The van der Waals surface area contributed by atoms with Crippen molar-refractivity contribution in [3.05, 3.63) is 48.0 Å². The number of methoxy groups -OCH3 is 1. The van der Waals surface area contributed by atoms with Gasteiger partial charge in [0.15, 0.2) is 11.5 Å². The standard InChI is InChI=1S/C15H12F3NO7S/c1-25-12-7-6-9(8-11(12)20)19(26-15(16,17)18)27(23,24)13-5-3-2-4-10(13)14(21)22/h2-8,20H,1H3,(H,21,22). The van der Waals surface area contributed by atoms with Crippen LogP contribution in [0.5, 0.6) is 11.5 Å². The molecule has 0 bridgehead atoms. The van der Waals surface area contributed by atoms with Gasteiger partial charge in [-0.1, -0.05) is 12.1 Å². The largest absolute Gasteiger partial charge is 0.544 e. The topological polar surface area (TPSA) is 113 Å². The number of carbonyl (C=O) groups is 1. The van der Waals surface area contributed by atoms with Gasteiger partial charge in [-0.05, 0) is 24.3 Å². The fourth-order valence-electron chi connectivity index (χ4n) is 2.08. The van der Waals surface area contributed by atoms with Crippen molar-refractivity contribution in [2.45, 2.75) is 11.3 Å². The molecule has 146 valence electrons. The summed E-state index contributed by atoms with van der Waals surface area (Å²) in [6.07, 6.45) is -5.43. The number of phenols is 1. The third kappa shape index (κ3) is 4.41. The quantitative estimate of drug-likeness (QED) is 0.708. The van der Waals surface area contributed by atoms with E-state index in [1.165, 1.54) is 13.2 Å². The number of aromatic carboxylic acids is 1. The molecule has 0 spiro atoms. The van der Waals surface area contributed by atoms with E-state index < -0.39 is 48.7 Å². The van der Waals surface area contributed by atoms with E-state index in [1.807, 2.05) is 0 Å². The fourth-order valence-corrected chi connectivity index (χ4v) is 3.52. The number of hydrogen-bond acceptors (Lipinski definition) is 6. The normalized spacial score (nSPS) is 11.9. The summed E-state index contributed by atoms with van der Waals surface area (Å²) in [5, 5.41) is 18.9. The molecule has 2 N–H and O–H groups in total. The van der Waals surface area contributed by atoms with Gasteiger partial charge in [-0.15, -0.1) is 17.6 Å². The van der Waals surface area contributed by atoms with Crippen molar-refractivity contribution >= 4 is 21.7 Å². The number of nitrogens with zero attached hydrogens (tertiary/aromatic N) is 1. The maximum absolute atomic E-state index is 12.8. The lowest BCUT2D eigenvalue weighted by atomic mass is 10.2. The van der Waals surface area contributed by atoms with Gasteiger partial charge in [-0.3, -0.25) is 0 Å². The highest BCUT2D eigenvalue weighted by molar-refractivity contribution is 7.92. The lowest BCUT2D eigenvalue weighted by Crippen LogP contribution is -2.37. The Morgan fingerprint density at radius 3 is 2.30 bits per heavy atom. The molecule has 0 unspecified atom stereocenters. The van der Waals surface area contributed by atoms with Crippen molar-refractivity contribution < 1.29 is 46.2 Å². The summed E-state index contributed by atoms with van der Waals surface area (Å²) in [4.78, 5) is 13.9. The molecule has 12 heteroatoms. The molecule has 0 saturated heterocycles. The second kappa shape index (κ2) is 7.32. The average molecular weight is 407 g/mol. The fraction of sp³-hybridized carbons (Fsp3) is 0.133. The van der Waals surface area contributed by atoms with Crippen LogP contribution in [0.25, 0.3) is 0 Å². The minimum atomic E-state index is -5.43. The molecular weight excluding hydrogens is 395 g/mol. The maximum Gasteiger partial charge on any atom is 0.544 e. The van der Waals surface area contributed by atoms with Crippen LogP contribution in [0.2, 0.25) is 0 Å². The van der Waals surface area contributed by atoms with Crippen LogP contribution in [0.15, 0.2) is 47.4 Å². The van der Waals surface area contributed by atoms with Gasteiger partial charge in [0.1, 0.15) is 4.90 Å². The van der Waals surface area contributed by atoms with Crippen molar-refractivity contribution in [3.63, 3.8) is 0 Å². The lowest BCUT2D eigenvalue weighted by molar-refractivity contribution is -0.322. The second-order valence-corrected chi connectivity index (χ2v) is 6.65. The zero-order valence-corrected chi connectivity index (χ0v) is 14.3. The molecule has 2 aromatic carbocycles. The summed E-state index contributed by atoms with van der Waals surface area (Å²) in [6, 6.07) is 6.61. The first-order valence-electron chi connectivity index (χ1n) is 6.98. The number of benzene rings is 2. The van der Waals surface area contributed by atoms with Crippen molar-refractivity contribution in [1.29, 1.82) is 0 Å². The van der Waals surface area contributed by atoms with E-state index in [0.717, 1.165) is 30.3 Å². The summed E-state index contributed by atoms with van der Waals surface area (Å²) >= 11 is 0. The molecule has 0 aliphatic rings. The molecule has 0 atom stereocenters. The number of phenolic OH excluding ortho intramolecular Hbond substituents is 1. The number of hydrogen-bond donors (Lipinski definition) is 2. The molecule has 2 aromatic rings. The number of aromatic hydroxyl groups is 1. The summed E-state index contributed by atoms with van der Waals surface area (Å²) < 4.78 is 68.1. The maximum atomic E-state index is 12.8. The van der Waals surface area contributed by atoms with Crippen molar-refractivity contribution in [2.24, 2.45) is 0 Å². The zero-order valence-electron chi connectivity index (χ0n) is 13.5. The number of rotatable bonds is 6. The Hall–Kier alpha value is -2.99. The second-order valence-electron chi connectivity index (χ2n) is 4.93. The van der Waals surface area contributed by atoms with E-state index >= 15 is 0 Å². The minimum absolute atomic E-state index is 0.131. The smallest absolute Gasteiger partial charge is 0.504 e. The number of carboxylic acid groups (broad SMARTS) is 1. The van der Waals surface area contributed by atoms with Gasteiger partial charge >= 0.3 is 12.3 Å². The molecule has 2 rings (SSSR count). The van der Waals surface area contributed by atoms with Gasteiger partial charge in [0.25, 0.3) is 10.0 Å². The zero-order chi connectivity index (χ0) is 20.4. The van der Waals surface area contributed by atoms with Crippen LogP contribution in [-0.2, 0) is 14.9 Å². The van der Waals surface area contributed by atoms with Crippen LogP contribution < -0.4 is 9.21 Å². The Labute approximate surface area is 151 Å². The number of ether oxygens (including phenoxy) is 1. The summed E-state index contributed by atoms with van der Waals surface area (Å²) in [6.45, 7) is 0. The Morgan fingerprint density at radius 1 is 1.15 bits per heavy atom. The average Bonchev–Trinajstić information content (AvgIpc) is 2.58. The third-order valence-electron chi connectivity index (χ3n) is 3.17. The van der Waals surface area contributed by atoms with Gasteiger partial charge in [-0.25, -0.2) is 4.79 Å². The Balaban J connectivity index is 2.67. The molecule has 0 fully saturated rings. The van der Waals surface area contributed by atoms with E-state index in [9.17, 15) is 31.5 Å². The van der Waals surface area contributed by atoms with E-state index in [1.54, 1.807) is 0 Å². The molecule has 0 saturated carbocycles. The number of sulfonamides is 1. The van der Waals surface area contributed by atoms with Crippen LogP contribution in [0.4, 0.5) is 18.9 Å². The highest BCUT2D eigenvalue weighted by Crippen LogP contribution is 2.36. The number of alkyl halides is 3. The summed E-state index contributed by atoms with van der Waals surface area (Å²) in [7, 11) is -3.96. The van der Waals surface area contributed by atoms with Gasteiger partial charge in [-0.2, -0.15) is 13.3 Å². The number of carboxylic acids is 1. The highest BCUT2D eigenvalue weighted by atomic mass is 32.2. The summed E-state index contributed by atoms with van der Waals surface area (Å²) in [5.74, 6) is -2.46. The monoisotopic (exact) mass is 407 g/mol. The van der Waals surface area contributed by atoms with Gasteiger partial charge in [0.05, 0.1) is 18.4 Å². The first-order valence-corrected chi connectivity index (χ1v) is 8.42. The number of halogens is 3. The number of anilines is 1. The van der Waals surface area contributed by atoms with Gasteiger partial charge in [0.2, 0.25) is 0 Å². The lowest BCUT2D eigenvalue weighted by Gasteiger charge is -2.25. The Kier molecular flexibility index (Phi) is 5.51. The highest BCUT2D eigenvalue weighted by Gasteiger charge is 2.41. The van der Waals surface area contributed by atoms with Crippen LogP contribution in [-0.4, -0.2) is 38.1 Å². The predicted molar refractivity (Wildman–Crippen MR) is 84.9 cm³/mol. The molecule has 27 heavy (non-hydrogen) atoms. The molecule has 8 nitrogen and oxygen atoms in total. The van der Waals surface area contributed by atoms with E-state index in [2.05, 4.69) is 4.84 Å². The van der Waals surface area contributed by atoms with Crippen LogP contribution in [0.3, 0.4) is 0 Å².